The maximum absolute atomic E-state index is 14.8. The third kappa shape index (κ3) is 3.92. The fourth-order valence-electron chi connectivity index (χ4n) is 4.52. The minimum Gasteiger partial charge on any atom is -0.450 e. The fraction of sp³-hybridized carbons (Fsp3) is 0.385. The van der Waals surface area contributed by atoms with Gasteiger partial charge in [0.15, 0.2) is 23.1 Å². The molecule has 0 aromatic heterocycles. The van der Waals surface area contributed by atoms with Crippen molar-refractivity contribution in [2.75, 3.05) is 0 Å². The maximum Gasteiger partial charge on any atom is 0.202 e. The van der Waals surface area contributed by atoms with Crippen LogP contribution in [0.1, 0.15) is 61.3 Å². The first-order chi connectivity index (χ1) is 14.5. The summed E-state index contributed by atoms with van der Waals surface area (Å²) in [6.45, 7) is 5.82. The Hall–Kier alpha value is -2.49. The van der Waals surface area contributed by atoms with E-state index in [0.717, 1.165) is 32.1 Å². The molecule has 1 aliphatic heterocycles. The van der Waals surface area contributed by atoms with E-state index in [0.29, 0.717) is 41.4 Å². The molecule has 0 radical (unpaired) electrons. The molecule has 0 spiro atoms. The van der Waals surface area contributed by atoms with Gasteiger partial charge in [-0.15, -0.1) is 6.58 Å². The summed E-state index contributed by atoms with van der Waals surface area (Å²) in [5, 5.41) is 0. The summed E-state index contributed by atoms with van der Waals surface area (Å²) in [5.74, 6) is -1.72. The van der Waals surface area contributed by atoms with E-state index in [9.17, 15) is 13.2 Å². The van der Waals surface area contributed by atoms with Gasteiger partial charge in [0.1, 0.15) is 0 Å². The standard InChI is InChI=1S/C26H27F3O/c1-3-5-18-12-13-20-15-21-14-19(11-10-17-8-6-16(4-2)7-9-17)22(27)24(29)26(21)30-25(20)23(18)28/h4,10-14,16-17H,2-3,5-9,15H2,1H3/b11-10+. The van der Waals surface area contributed by atoms with Gasteiger partial charge in [-0.1, -0.05) is 43.7 Å². The van der Waals surface area contributed by atoms with Gasteiger partial charge in [-0.05, 0) is 55.6 Å². The van der Waals surface area contributed by atoms with Crippen molar-refractivity contribution in [3.8, 4) is 11.5 Å². The van der Waals surface area contributed by atoms with Crippen LogP contribution >= 0.6 is 0 Å². The summed E-state index contributed by atoms with van der Waals surface area (Å²) < 4.78 is 49.9. The number of hydrogen-bond acceptors (Lipinski definition) is 1. The highest BCUT2D eigenvalue weighted by Gasteiger charge is 2.28. The number of ether oxygens (including phenoxy) is 1. The molecule has 1 saturated carbocycles. The Bertz CT molecular complexity index is 985. The lowest BCUT2D eigenvalue weighted by atomic mass is 9.82. The molecule has 0 N–H and O–H groups in total. The normalized spacial score (nSPS) is 20.5. The van der Waals surface area contributed by atoms with Gasteiger partial charge in [0.05, 0.1) is 0 Å². The number of halogens is 3. The Morgan fingerprint density at radius 3 is 2.37 bits per heavy atom. The molecule has 0 amide bonds. The van der Waals surface area contributed by atoms with Gasteiger partial charge in [-0.3, -0.25) is 0 Å². The minimum absolute atomic E-state index is 0.0222. The first-order valence-corrected chi connectivity index (χ1v) is 10.8. The minimum atomic E-state index is -1.05. The van der Waals surface area contributed by atoms with E-state index in [1.807, 2.05) is 25.1 Å². The number of allylic oxidation sites excluding steroid dienone is 2. The molecule has 2 aliphatic rings. The Kier molecular flexibility index (Phi) is 6.03. The molecule has 1 fully saturated rings. The van der Waals surface area contributed by atoms with Crippen LogP contribution in [0.25, 0.3) is 6.08 Å². The Morgan fingerprint density at radius 2 is 1.67 bits per heavy atom. The van der Waals surface area contributed by atoms with Crippen molar-refractivity contribution in [1.29, 1.82) is 0 Å². The van der Waals surface area contributed by atoms with Crippen molar-refractivity contribution >= 4 is 6.08 Å². The van der Waals surface area contributed by atoms with E-state index in [2.05, 4.69) is 6.58 Å². The van der Waals surface area contributed by atoms with Crippen molar-refractivity contribution in [2.45, 2.75) is 51.9 Å². The second-order valence-corrected chi connectivity index (χ2v) is 8.41. The van der Waals surface area contributed by atoms with E-state index in [1.54, 1.807) is 18.2 Å². The van der Waals surface area contributed by atoms with Crippen LogP contribution in [-0.2, 0) is 12.8 Å². The molecular formula is C26H27F3O. The Balaban J connectivity index is 1.60. The topological polar surface area (TPSA) is 9.23 Å². The van der Waals surface area contributed by atoms with Gasteiger partial charge >= 0.3 is 0 Å². The van der Waals surface area contributed by atoms with Crippen LogP contribution in [0.15, 0.2) is 36.9 Å². The lowest BCUT2D eigenvalue weighted by Gasteiger charge is -2.24. The first-order valence-electron chi connectivity index (χ1n) is 10.8. The quantitative estimate of drug-likeness (QED) is 0.389. The third-order valence-electron chi connectivity index (χ3n) is 6.33. The zero-order valence-corrected chi connectivity index (χ0v) is 17.3. The van der Waals surface area contributed by atoms with Crippen molar-refractivity contribution in [3.63, 3.8) is 0 Å². The molecule has 1 aliphatic carbocycles. The monoisotopic (exact) mass is 412 g/mol. The molecule has 1 heterocycles. The summed E-state index contributed by atoms with van der Waals surface area (Å²) in [7, 11) is 0. The van der Waals surface area contributed by atoms with Crippen LogP contribution in [0.4, 0.5) is 13.2 Å². The number of benzene rings is 2. The van der Waals surface area contributed by atoms with Crippen LogP contribution in [0.2, 0.25) is 0 Å². The smallest absolute Gasteiger partial charge is 0.202 e. The molecule has 1 nitrogen and oxygen atoms in total. The van der Waals surface area contributed by atoms with Gasteiger partial charge in [0.25, 0.3) is 0 Å². The van der Waals surface area contributed by atoms with Crippen molar-refractivity contribution in [1.82, 2.24) is 0 Å². The van der Waals surface area contributed by atoms with E-state index < -0.39 is 17.5 Å². The summed E-state index contributed by atoms with van der Waals surface area (Å²) in [4.78, 5) is 0. The summed E-state index contributed by atoms with van der Waals surface area (Å²) in [5.41, 5.74) is 1.95. The van der Waals surface area contributed by atoms with Gasteiger partial charge < -0.3 is 4.74 Å². The second-order valence-electron chi connectivity index (χ2n) is 8.41. The number of aryl methyl sites for hydroxylation is 1. The predicted octanol–water partition coefficient (Wildman–Crippen LogP) is 7.76. The van der Waals surface area contributed by atoms with E-state index in [1.165, 1.54) is 0 Å². The molecule has 4 rings (SSSR count). The van der Waals surface area contributed by atoms with Gasteiger partial charge in [0, 0.05) is 23.1 Å². The van der Waals surface area contributed by atoms with Crippen molar-refractivity contribution < 1.29 is 17.9 Å². The van der Waals surface area contributed by atoms with Crippen LogP contribution in [0, 0.1) is 29.3 Å². The average molecular weight is 412 g/mol. The first kappa shape index (κ1) is 20.8. The molecule has 0 atom stereocenters. The average Bonchev–Trinajstić information content (AvgIpc) is 2.77. The lowest BCUT2D eigenvalue weighted by molar-refractivity contribution is 0.357. The number of hydrogen-bond donors (Lipinski definition) is 0. The molecule has 2 aromatic rings. The molecule has 4 heteroatoms. The Labute approximate surface area is 176 Å². The molecule has 2 aromatic carbocycles. The predicted molar refractivity (Wildman–Crippen MR) is 114 cm³/mol. The molecule has 30 heavy (non-hydrogen) atoms. The molecule has 158 valence electrons. The van der Waals surface area contributed by atoms with Crippen molar-refractivity contribution in [2.24, 2.45) is 11.8 Å². The van der Waals surface area contributed by atoms with Crippen LogP contribution < -0.4 is 4.74 Å². The van der Waals surface area contributed by atoms with Gasteiger partial charge in [-0.2, -0.15) is 4.39 Å². The van der Waals surface area contributed by atoms with E-state index >= 15 is 0 Å². The Morgan fingerprint density at radius 1 is 0.967 bits per heavy atom. The van der Waals surface area contributed by atoms with E-state index in [4.69, 9.17) is 4.74 Å². The molecule has 0 unspecified atom stereocenters. The number of fused-ring (bicyclic) bond motifs is 2. The highest BCUT2D eigenvalue weighted by Crippen LogP contribution is 2.42. The van der Waals surface area contributed by atoms with Crippen LogP contribution in [0.3, 0.4) is 0 Å². The maximum atomic E-state index is 14.8. The number of rotatable bonds is 5. The highest BCUT2D eigenvalue weighted by molar-refractivity contribution is 5.59. The molecular weight excluding hydrogens is 385 g/mol. The second kappa shape index (κ2) is 8.71. The third-order valence-corrected chi connectivity index (χ3v) is 6.33. The SMILES string of the molecule is C=CC1CCC(/C=C/c2cc3c(c(F)c2F)Oc2c(ccc(CCC)c2F)C3)CC1. The molecule has 0 bridgehead atoms. The van der Waals surface area contributed by atoms with Crippen LogP contribution in [0.5, 0.6) is 11.5 Å². The fourth-order valence-corrected chi connectivity index (χ4v) is 4.52. The highest BCUT2D eigenvalue weighted by atomic mass is 19.2. The zero-order chi connectivity index (χ0) is 21.3. The van der Waals surface area contributed by atoms with E-state index in [-0.39, 0.29) is 17.1 Å². The van der Waals surface area contributed by atoms with Gasteiger partial charge in [-0.25, -0.2) is 8.78 Å². The lowest BCUT2D eigenvalue weighted by Crippen LogP contribution is -2.11. The largest absolute Gasteiger partial charge is 0.450 e. The zero-order valence-electron chi connectivity index (χ0n) is 17.3. The van der Waals surface area contributed by atoms with Crippen LogP contribution in [-0.4, -0.2) is 0 Å². The summed E-state index contributed by atoms with van der Waals surface area (Å²) in [6, 6.07) is 5.20. The summed E-state index contributed by atoms with van der Waals surface area (Å²) in [6.07, 6.45) is 11.6. The molecule has 0 saturated heterocycles. The van der Waals surface area contributed by atoms with Crippen molar-refractivity contribution in [3.05, 3.63) is 76.6 Å². The van der Waals surface area contributed by atoms with Gasteiger partial charge in [0.2, 0.25) is 5.82 Å². The summed E-state index contributed by atoms with van der Waals surface area (Å²) >= 11 is 0.